The van der Waals surface area contributed by atoms with Gasteiger partial charge in [-0.2, -0.15) is 0 Å². The maximum atomic E-state index is 16.4. The molecule has 1 aromatic heterocycles. The average Bonchev–Trinajstić information content (AvgIpc) is 3.95. The standard InChI is InChI=1S/C55H66Cl2FN9O7/c1-63-43-28-34(10-15-41(43)67(53(63)74)42-16-17-45(68)61-49(42)69)33-18-22-64(23-19-33)24-25-65-26-27-66(44(31-65)51(71)72)30-32-8-12-36(13-9-32)59-50(70)48-46(37-6-5-7-39(57)47(37)58)55(54(62-48)20-3-2-4-21-54)38-14-11-35(56)29-40(38)60-52(55)73/h5-7,10-11,14-15,28-29,32-33,36,42,44,46,48,62H,2-4,8-9,12-13,16-27,30-31H2,1H3,(H,59,70)(H,60,73)(H,71,72)(H,61,68,69)/t32?,36?,42?,44-,46-,48+,55+/m0/s1. The Bertz CT molecular complexity index is 2940. The number of halogens is 3. The lowest BCUT2D eigenvalue weighted by Gasteiger charge is -2.47. The number of imide groups is 1. The topological polar surface area (TPSA) is 190 Å². The first-order chi connectivity index (χ1) is 35.6. The van der Waals surface area contributed by atoms with Crippen molar-refractivity contribution in [1.82, 2.24) is 39.8 Å². The molecule has 5 atom stereocenters. The van der Waals surface area contributed by atoms with E-state index >= 15 is 4.39 Å². The first-order valence-electron chi connectivity index (χ1n) is 26.8. The van der Waals surface area contributed by atoms with Crippen molar-refractivity contribution in [3.05, 3.63) is 97.6 Å². The van der Waals surface area contributed by atoms with Gasteiger partial charge in [0, 0.05) is 80.9 Å². The lowest BCUT2D eigenvalue weighted by atomic mass is 9.55. The Morgan fingerprint density at radius 3 is 2.34 bits per heavy atom. The summed E-state index contributed by atoms with van der Waals surface area (Å²) in [4.78, 5) is 87.0. The number of nitrogens with one attached hydrogen (secondary N) is 4. The number of carboxylic acids is 1. The zero-order chi connectivity index (χ0) is 51.6. The Hall–Kier alpha value is -5.17. The number of piperidine rings is 2. The summed E-state index contributed by atoms with van der Waals surface area (Å²) in [6, 6.07) is 13.8. The number of carboxylic acid groups (broad SMARTS) is 1. The van der Waals surface area contributed by atoms with Crippen molar-refractivity contribution < 1.29 is 33.5 Å². The molecule has 6 heterocycles. The number of fused-ring (bicyclic) bond motifs is 4. The number of hydrogen-bond acceptors (Lipinski definition) is 10. The fourth-order valence-corrected chi connectivity index (χ4v) is 14.9. The molecular formula is C55H66Cl2FN9O7. The molecule has 2 spiro atoms. The average molecular weight is 1060 g/mol. The lowest BCUT2D eigenvalue weighted by Crippen LogP contribution is -2.60. The molecule has 0 bridgehead atoms. The minimum Gasteiger partial charge on any atom is -0.480 e. The Balaban J connectivity index is 0.686. The molecule has 19 heteroatoms. The molecule has 2 aliphatic carbocycles. The number of imidazole rings is 1. The second-order valence-corrected chi connectivity index (χ2v) is 23.1. The molecule has 4 aromatic rings. The van der Waals surface area contributed by atoms with Crippen molar-refractivity contribution in [2.75, 3.05) is 57.7 Å². The Kier molecular flexibility index (Phi) is 14.1. The summed E-state index contributed by atoms with van der Waals surface area (Å²) in [5.41, 5.74) is 1.73. The first-order valence-corrected chi connectivity index (χ1v) is 27.5. The quantitative estimate of drug-likeness (QED) is 0.110. The van der Waals surface area contributed by atoms with E-state index in [0.29, 0.717) is 66.6 Å². The first kappa shape index (κ1) is 51.0. The molecule has 0 radical (unpaired) electrons. The monoisotopic (exact) mass is 1050 g/mol. The van der Waals surface area contributed by atoms with Crippen LogP contribution in [0.5, 0.6) is 0 Å². The second kappa shape index (κ2) is 20.4. The van der Waals surface area contributed by atoms with Gasteiger partial charge in [-0.3, -0.25) is 53.5 Å². The number of benzene rings is 3. The Morgan fingerprint density at radius 2 is 1.59 bits per heavy atom. The molecule has 5 aliphatic heterocycles. The summed E-state index contributed by atoms with van der Waals surface area (Å²) in [5, 5.41) is 23.4. The van der Waals surface area contributed by atoms with E-state index in [1.54, 1.807) is 35.9 Å². The summed E-state index contributed by atoms with van der Waals surface area (Å²) < 4.78 is 19.5. The number of hydrogen-bond donors (Lipinski definition) is 5. The molecule has 16 nitrogen and oxygen atoms in total. The van der Waals surface area contributed by atoms with Crippen LogP contribution in [0, 0.1) is 11.7 Å². The van der Waals surface area contributed by atoms with Gasteiger partial charge in [0.1, 0.15) is 23.3 Å². The maximum Gasteiger partial charge on any atom is 0.329 e. The van der Waals surface area contributed by atoms with Crippen LogP contribution in [-0.2, 0) is 36.4 Å². The highest BCUT2D eigenvalue weighted by Crippen LogP contribution is 2.63. The van der Waals surface area contributed by atoms with E-state index in [2.05, 4.69) is 48.1 Å². The van der Waals surface area contributed by atoms with Crippen LogP contribution in [0.3, 0.4) is 0 Å². The molecule has 6 fully saturated rings. The minimum absolute atomic E-state index is 0.0685. The highest BCUT2D eigenvalue weighted by Gasteiger charge is 2.72. The SMILES string of the molecule is Cn1c(=O)n(C2CCC(=O)NC2=O)c2ccc(C3CCN(CCN4CCN(CC5CCC(NC(=O)[C@@H]6NC7(CCCCC7)[C@@]7(C(=O)Nc8cc(Cl)ccc87)[C@H]6c6cccc(Cl)c6F)CC5)[C@H](C(=O)O)C4)CC3)cc21. The molecule has 394 valence electrons. The predicted octanol–water partition coefficient (Wildman–Crippen LogP) is 6.04. The smallest absolute Gasteiger partial charge is 0.329 e. The van der Waals surface area contributed by atoms with E-state index in [-0.39, 0.29) is 52.4 Å². The number of carbonyl (C=O) groups excluding carboxylic acids is 4. The number of amides is 4. The van der Waals surface area contributed by atoms with Crippen LogP contribution >= 0.6 is 23.2 Å². The summed E-state index contributed by atoms with van der Waals surface area (Å²) in [7, 11) is 1.72. The molecule has 2 saturated carbocycles. The van der Waals surface area contributed by atoms with E-state index in [4.69, 9.17) is 23.2 Å². The summed E-state index contributed by atoms with van der Waals surface area (Å²) in [6.45, 7) is 6.01. The van der Waals surface area contributed by atoms with E-state index < -0.39 is 52.7 Å². The van der Waals surface area contributed by atoms with Gasteiger partial charge >= 0.3 is 11.7 Å². The van der Waals surface area contributed by atoms with E-state index in [1.807, 2.05) is 12.1 Å². The number of anilines is 1. The summed E-state index contributed by atoms with van der Waals surface area (Å²) in [5.74, 6) is -3.07. The van der Waals surface area contributed by atoms with Crippen LogP contribution in [0.2, 0.25) is 10.0 Å². The highest BCUT2D eigenvalue weighted by atomic mass is 35.5. The van der Waals surface area contributed by atoms with Gasteiger partial charge in [-0.15, -0.1) is 0 Å². The molecule has 4 amide bonds. The normalized spacial score (nSPS) is 28.9. The van der Waals surface area contributed by atoms with Gasteiger partial charge in [-0.1, -0.05) is 66.7 Å². The number of piperazine rings is 1. The van der Waals surface area contributed by atoms with Crippen LogP contribution in [0.15, 0.2) is 59.4 Å². The van der Waals surface area contributed by atoms with Crippen molar-refractivity contribution in [1.29, 1.82) is 0 Å². The third-order valence-corrected chi connectivity index (χ3v) is 18.8. The summed E-state index contributed by atoms with van der Waals surface area (Å²) >= 11 is 12.9. The van der Waals surface area contributed by atoms with E-state index in [9.17, 15) is 33.9 Å². The number of likely N-dealkylation sites (tertiary alicyclic amines) is 1. The van der Waals surface area contributed by atoms with Crippen molar-refractivity contribution in [3.8, 4) is 0 Å². The maximum absolute atomic E-state index is 16.4. The molecule has 3 aromatic carbocycles. The molecule has 5 N–H and O–H groups in total. The van der Waals surface area contributed by atoms with Crippen LogP contribution in [0.1, 0.15) is 118 Å². The third kappa shape index (κ3) is 8.96. The van der Waals surface area contributed by atoms with Crippen LogP contribution in [0.25, 0.3) is 11.0 Å². The van der Waals surface area contributed by atoms with Gasteiger partial charge in [0.25, 0.3) is 0 Å². The molecule has 11 rings (SSSR count). The molecule has 1 unspecified atom stereocenters. The summed E-state index contributed by atoms with van der Waals surface area (Å²) in [6.07, 6.45) is 9.47. The number of rotatable bonds is 11. The molecule has 7 aliphatic rings. The number of aliphatic carboxylic acids is 1. The third-order valence-electron chi connectivity index (χ3n) is 18.3. The minimum atomic E-state index is -1.30. The fraction of sp³-hybridized carbons (Fsp3) is 0.564. The van der Waals surface area contributed by atoms with Gasteiger partial charge < -0.3 is 20.6 Å². The van der Waals surface area contributed by atoms with Crippen molar-refractivity contribution >= 4 is 69.5 Å². The van der Waals surface area contributed by atoms with Crippen molar-refractivity contribution in [2.24, 2.45) is 13.0 Å². The van der Waals surface area contributed by atoms with Crippen molar-refractivity contribution in [2.45, 2.75) is 130 Å². The van der Waals surface area contributed by atoms with Crippen LogP contribution < -0.4 is 27.0 Å². The lowest BCUT2D eigenvalue weighted by molar-refractivity contribution is -0.146. The highest BCUT2D eigenvalue weighted by molar-refractivity contribution is 6.31. The molecular weight excluding hydrogens is 989 g/mol. The number of aromatic nitrogens is 2. The fourth-order valence-electron chi connectivity index (χ4n) is 14.5. The zero-order valence-corrected chi connectivity index (χ0v) is 43.4. The molecule has 4 saturated heterocycles. The Labute approximate surface area is 439 Å². The van der Waals surface area contributed by atoms with Crippen molar-refractivity contribution in [3.63, 3.8) is 0 Å². The van der Waals surface area contributed by atoms with Gasteiger partial charge in [-0.25, -0.2) is 9.18 Å². The van der Waals surface area contributed by atoms with Crippen LogP contribution in [0.4, 0.5) is 10.1 Å². The van der Waals surface area contributed by atoms with Gasteiger partial charge in [-0.05, 0) is 130 Å². The molecule has 74 heavy (non-hydrogen) atoms. The van der Waals surface area contributed by atoms with E-state index in [0.717, 1.165) is 102 Å². The predicted molar refractivity (Wildman–Crippen MR) is 279 cm³/mol. The number of nitrogens with zero attached hydrogens (tertiary/aromatic N) is 5. The van der Waals surface area contributed by atoms with Gasteiger partial charge in [0.15, 0.2) is 0 Å². The van der Waals surface area contributed by atoms with Gasteiger partial charge in [0.05, 0.1) is 22.1 Å². The zero-order valence-electron chi connectivity index (χ0n) is 41.9. The largest absolute Gasteiger partial charge is 0.480 e. The Morgan fingerprint density at radius 1 is 0.838 bits per heavy atom. The van der Waals surface area contributed by atoms with E-state index in [1.165, 1.54) is 10.6 Å². The van der Waals surface area contributed by atoms with Gasteiger partial charge in [0.2, 0.25) is 23.6 Å². The second-order valence-electron chi connectivity index (χ2n) is 22.3. The number of aryl methyl sites for hydroxylation is 1. The van der Waals surface area contributed by atoms with Crippen LogP contribution in [-0.4, -0.2) is 135 Å². The number of carbonyl (C=O) groups is 5.